The highest BCUT2D eigenvalue weighted by Gasteiger charge is 2.40. The van der Waals surface area contributed by atoms with Crippen molar-refractivity contribution >= 4 is 10.9 Å². The van der Waals surface area contributed by atoms with Gasteiger partial charge in [-0.15, -0.1) is 0 Å². The second kappa shape index (κ2) is 4.38. The number of H-pyrrole nitrogens is 1. The molecule has 0 aliphatic carbocycles. The zero-order chi connectivity index (χ0) is 13.8. The lowest BCUT2D eigenvalue weighted by molar-refractivity contribution is 0.0236. The van der Waals surface area contributed by atoms with Crippen LogP contribution in [0.4, 0.5) is 0 Å². The second-order valence-electron chi connectivity index (χ2n) is 6.65. The van der Waals surface area contributed by atoms with Crippen LogP contribution in [0.2, 0.25) is 0 Å². The van der Waals surface area contributed by atoms with E-state index in [4.69, 9.17) is 4.74 Å². The van der Waals surface area contributed by atoms with Crippen LogP contribution in [0.5, 0.6) is 0 Å². The summed E-state index contributed by atoms with van der Waals surface area (Å²) in [6.07, 6.45) is 6.59. The van der Waals surface area contributed by atoms with Gasteiger partial charge in [0, 0.05) is 35.6 Å². The van der Waals surface area contributed by atoms with Gasteiger partial charge in [0.2, 0.25) is 0 Å². The molecule has 0 spiro atoms. The number of ether oxygens (including phenoxy) is 1. The number of hydrogen-bond acceptors (Lipinski definition) is 2. The average Bonchev–Trinajstić information content (AvgIpc) is 2.92. The molecule has 0 amide bonds. The molecule has 4 heterocycles. The van der Waals surface area contributed by atoms with Gasteiger partial charge in [-0.25, -0.2) is 0 Å². The standard InChI is InChI=1S/C18H20N2O/c1-2-4-16-14(3-1)15-5-7-20-10-13-11-21-8-6-12(13)9-17(20)18(15)19-16/h1-4,6,8,12-13,17,19H,5,7,9-11H2. The van der Waals surface area contributed by atoms with Crippen molar-refractivity contribution in [1.29, 1.82) is 0 Å². The summed E-state index contributed by atoms with van der Waals surface area (Å²) in [7, 11) is 0. The molecule has 3 nitrogen and oxygen atoms in total. The van der Waals surface area contributed by atoms with Crippen LogP contribution < -0.4 is 0 Å². The summed E-state index contributed by atoms with van der Waals surface area (Å²) in [5.41, 5.74) is 4.33. The quantitative estimate of drug-likeness (QED) is 0.802. The normalized spacial score (nSPS) is 31.3. The van der Waals surface area contributed by atoms with Crippen molar-refractivity contribution in [2.75, 3.05) is 19.7 Å². The molecule has 0 radical (unpaired) electrons. The fourth-order valence-electron chi connectivity index (χ4n) is 4.49. The maximum Gasteiger partial charge on any atom is 0.0919 e. The molecule has 3 unspecified atom stereocenters. The number of benzene rings is 1. The number of aromatic nitrogens is 1. The van der Waals surface area contributed by atoms with Gasteiger partial charge >= 0.3 is 0 Å². The molecule has 1 saturated heterocycles. The van der Waals surface area contributed by atoms with Gasteiger partial charge in [-0.3, -0.25) is 4.90 Å². The zero-order valence-electron chi connectivity index (χ0n) is 12.1. The minimum atomic E-state index is 0.560. The number of para-hydroxylation sites is 1. The molecule has 1 N–H and O–H groups in total. The first-order valence-corrected chi connectivity index (χ1v) is 8.02. The van der Waals surface area contributed by atoms with Gasteiger partial charge < -0.3 is 9.72 Å². The predicted octanol–water partition coefficient (Wildman–Crippen LogP) is 3.25. The summed E-state index contributed by atoms with van der Waals surface area (Å²) in [5, 5.41) is 1.43. The van der Waals surface area contributed by atoms with Crippen molar-refractivity contribution in [1.82, 2.24) is 9.88 Å². The molecular weight excluding hydrogens is 260 g/mol. The van der Waals surface area contributed by atoms with E-state index in [1.807, 2.05) is 6.26 Å². The number of aromatic amines is 1. The van der Waals surface area contributed by atoms with E-state index in [9.17, 15) is 0 Å². The van der Waals surface area contributed by atoms with Crippen LogP contribution >= 0.6 is 0 Å². The lowest BCUT2D eigenvalue weighted by Gasteiger charge is -2.46. The molecule has 1 aromatic carbocycles. The number of nitrogens with one attached hydrogen (secondary N) is 1. The number of piperidine rings is 1. The molecule has 21 heavy (non-hydrogen) atoms. The highest BCUT2D eigenvalue weighted by molar-refractivity contribution is 5.85. The summed E-state index contributed by atoms with van der Waals surface area (Å²) in [6.45, 7) is 3.25. The minimum Gasteiger partial charge on any atom is -0.501 e. The molecule has 1 fully saturated rings. The molecule has 3 aliphatic rings. The van der Waals surface area contributed by atoms with Crippen molar-refractivity contribution in [2.45, 2.75) is 18.9 Å². The van der Waals surface area contributed by atoms with Crippen molar-refractivity contribution < 1.29 is 4.74 Å². The van der Waals surface area contributed by atoms with Crippen molar-refractivity contribution in [3.05, 3.63) is 47.9 Å². The topological polar surface area (TPSA) is 28.3 Å². The molecule has 0 saturated carbocycles. The Morgan fingerprint density at radius 1 is 1.24 bits per heavy atom. The monoisotopic (exact) mass is 280 g/mol. The Bertz CT molecular complexity index is 717. The summed E-state index contributed by atoms with van der Waals surface area (Å²) < 4.78 is 5.52. The Morgan fingerprint density at radius 2 is 2.19 bits per heavy atom. The van der Waals surface area contributed by atoms with Gasteiger partial charge in [0.05, 0.1) is 18.9 Å². The van der Waals surface area contributed by atoms with E-state index in [0.29, 0.717) is 17.9 Å². The maximum absolute atomic E-state index is 5.52. The average molecular weight is 280 g/mol. The van der Waals surface area contributed by atoms with Crippen LogP contribution in [-0.4, -0.2) is 29.6 Å². The van der Waals surface area contributed by atoms with E-state index in [0.717, 1.165) is 6.61 Å². The van der Waals surface area contributed by atoms with Crippen LogP contribution in [0, 0.1) is 11.8 Å². The first kappa shape index (κ1) is 11.9. The van der Waals surface area contributed by atoms with E-state index >= 15 is 0 Å². The van der Waals surface area contributed by atoms with Crippen LogP contribution in [-0.2, 0) is 11.2 Å². The van der Waals surface area contributed by atoms with Crippen LogP contribution in [0.3, 0.4) is 0 Å². The lowest BCUT2D eigenvalue weighted by Crippen LogP contribution is -2.47. The van der Waals surface area contributed by atoms with Gasteiger partial charge in [0.15, 0.2) is 0 Å². The Kier molecular flexibility index (Phi) is 2.47. The molecule has 3 aliphatic heterocycles. The third-order valence-corrected chi connectivity index (χ3v) is 5.57. The molecule has 2 aromatic rings. The Labute approximate surface area is 124 Å². The number of allylic oxidation sites excluding steroid dienone is 1. The van der Waals surface area contributed by atoms with Gasteiger partial charge in [0.25, 0.3) is 0 Å². The van der Waals surface area contributed by atoms with E-state index in [-0.39, 0.29) is 0 Å². The fourth-order valence-corrected chi connectivity index (χ4v) is 4.49. The van der Waals surface area contributed by atoms with Crippen molar-refractivity contribution in [3.8, 4) is 0 Å². The van der Waals surface area contributed by atoms with Crippen LogP contribution in [0.15, 0.2) is 36.6 Å². The summed E-state index contributed by atoms with van der Waals surface area (Å²) in [5.74, 6) is 1.36. The fraction of sp³-hybridized carbons (Fsp3) is 0.444. The van der Waals surface area contributed by atoms with Crippen molar-refractivity contribution in [2.24, 2.45) is 11.8 Å². The number of fused-ring (bicyclic) bond motifs is 6. The van der Waals surface area contributed by atoms with Crippen LogP contribution in [0.1, 0.15) is 23.7 Å². The smallest absolute Gasteiger partial charge is 0.0919 e. The minimum absolute atomic E-state index is 0.560. The highest BCUT2D eigenvalue weighted by atomic mass is 16.5. The van der Waals surface area contributed by atoms with Crippen molar-refractivity contribution in [3.63, 3.8) is 0 Å². The number of rotatable bonds is 0. The highest BCUT2D eigenvalue weighted by Crippen LogP contribution is 2.43. The lowest BCUT2D eigenvalue weighted by atomic mass is 9.78. The molecule has 5 rings (SSSR count). The van der Waals surface area contributed by atoms with Crippen LogP contribution in [0.25, 0.3) is 10.9 Å². The first-order valence-electron chi connectivity index (χ1n) is 8.02. The molecule has 0 bridgehead atoms. The van der Waals surface area contributed by atoms with E-state index in [1.165, 1.54) is 42.5 Å². The Balaban J connectivity index is 1.59. The third-order valence-electron chi connectivity index (χ3n) is 5.57. The second-order valence-corrected chi connectivity index (χ2v) is 6.65. The molecule has 108 valence electrons. The SMILES string of the molecule is C1=CC2CC3c4[nH]c5ccccc5c4CCN3CC2CO1. The maximum atomic E-state index is 5.52. The van der Waals surface area contributed by atoms with Gasteiger partial charge in [-0.1, -0.05) is 18.2 Å². The Morgan fingerprint density at radius 3 is 3.19 bits per heavy atom. The largest absolute Gasteiger partial charge is 0.501 e. The van der Waals surface area contributed by atoms with E-state index in [2.05, 4.69) is 40.2 Å². The van der Waals surface area contributed by atoms with Gasteiger partial charge in [-0.2, -0.15) is 0 Å². The molecule has 3 heteroatoms. The van der Waals surface area contributed by atoms with E-state index < -0.39 is 0 Å². The summed E-state index contributed by atoms with van der Waals surface area (Å²) in [6, 6.07) is 9.31. The summed E-state index contributed by atoms with van der Waals surface area (Å²) in [4.78, 5) is 6.38. The Hall–Kier alpha value is -1.74. The summed E-state index contributed by atoms with van der Waals surface area (Å²) >= 11 is 0. The predicted molar refractivity (Wildman–Crippen MR) is 83.0 cm³/mol. The first-order chi connectivity index (χ1) is 10.4. The van der Waals surface area contributed by atoms with E-state index in [1.54, 1.807) is 5.56 Å². The third kappa shape index (κ3) is 1.70. The zero-order valence-corrected chi connectivity index (χ0v) is 12.1. The molecular formula is C18H20N2O. The molecule has 3 atom stereocenters. The van der Waals surface area contributed by atoms with Gasteiger partial charge in [0.1, 0.15) is 0 Å². The number of nitrogens with zero attached hydrogens (tertiary/aromatic N) is 1. The number of hydrogen-bond donors (Lipinski definition) is 1. The van der Waals surface area contributed by atoms with Gasteiger partial charge in [-0.05, 0) is 36.5 Å². The molecule has 1 aromatic heterocycles.